The Bertz CT molecular complexity index is 6170. The monoisotopic (exact) mass is 1420 g/mol. The van der Waals surface area contributed by atoms with Crippen LogP contribution in [0.3, 0.4) is 0 Å². The Morgan fingerprint density at radius 3 is 1.58 bits per heavy atom. The standard InChI is InChI=1S/C106H99NO2/c1-12-14-16-18-30-56-106(57-31-19-17-15-13-2)83-38-26-21-33-72(83)75-53-48-69(60-88(75)106)68-47-52-74-73-51-46-67(58-84(73)102(4,5)85(74)59-68)65-42-44-66(45-43-65)81-63-89-93(95-79-35-23-28-40-91(79)108-100(81)95)77-54-49-70(61-86(77)103(89,6)7)107(90-39-27-20-32-64(90)3)71-50-55-78-87(62-71)105(10,11)98-94(78)96-80-36-24-29-41-92(80)109-101(96)97-76-34-22-25-37-82(76)104(8,9)99(97)98/h20-29,32-55,58-63,73,84H,12-19,30-31,56-57H2,1-11H3. The maximum atomic E-state index is 7.15. The Balaban J connectivity index is 0.631. The normalized spacial score (nSPS) is 17.6. The molecule has 20 rings (SSSR count). The third kappa shape index (κ3) is 9.92. The smallest absolute Gasteiger partial charge is 0.144 e. The highest BCUT2D eigenvalue weighted by atomic mass is 16.3. The van der Waals surface area contributed by atoms with Crippen LogP contribution in [0.4, 0.5) is 17.1 Å². The average Bonchev–Trinajstić information content (AvgIpc) is 1.48. The number of furan rings is 2. The lowest BCUT2D eigenvalue weighted by atomic mass is 9.70. The van der Waals surface area contributed by atoms with Gasteiger partial charge in [-0.2, -0.15) is 0 Å². The van der Waals surface area contributed by atoms with E-state index in [2.05, 4.69) is 324 Å². The second-order valence-corrected chi connectivity index (χ2v) is 35.3. The summed E-state index contributed by atoms with van der Waals surface area (Å²) in [6.45, 7) is 26.6. The van der Waals surface area contributed by atoms with Gasteiger partial charge >= 0.3 is 0 Å². The van der Waals surface area contributed by atoms with Crippen molar-refractivity contribution in [1.29, 1.82) is 0 Å². The molecule has 0 radical (unpaired) electrons. The number of anilines is 3. The Kier molecular flexibility index (Phi) is 15.6. The number of allylic oxidation sites excluding steroid dienone is 4. The minimum absolute atomic E-state index is 0.0537. The van der Waals surface area contributed by atoms with Crippen LogP contribution < -0.4 is 4.90 Å². The van der Waals surface area contributed by atoms with E-state index in [0.29, 0.717) is 11.8 Å². The molecule has 0 aliphatic heterocycles. The van der Waals surface area contributed by atoms with Crippen LogP contribution in [-0.2, 0) is 27.1 Å². The maximum absolute atomic E-state index is 7.15. The average molecular weight is 1420 g/mol. The Morgan fingerprint density at radius 1 is 0.376 bits per heavy atom. The topological polar surface area (TPSA) is 29.5 Å². The summed E-state index contributed by atoms with van der Waals surface area (Å²) in [5.41, 5.74) is 39.7. The molecule has 14 aromatic rings. The van der Waals surface area contributed by atoms with Crippen molar-refractivity contribution in [1.82, 2.24) is 0 Å². The molecule has 2 unspecified atom stereocenters. The molecule has 109 heavy (non-hydrogen) atoms. The number of nitrogens with zero attached hydrogens (tertiary/aromatic N) is 1. The predicted molar refractivity (Wildman–Crippen MR) is 460 cm³/mol. The summed E-state index contributed by atoms with van der Waals surface area (Å²) in [4.78, 5) is 2.53. The van der Waals surface area contributed by atoms with Gasteiger partial charge in [-0.3, -0.25) is 0 Å². The van der Waals surface area contributed by atoms with Crippen LogP contribution in [0, 0.1) is 12.8 Å². The fourth-order valence-corrected chi connectivity index (χ4v) is 22.1. The van der Waals surface area contributed by atoms with Crippen LogP contribution >= 0.6 is 0 Å². The zero-order chi connectivity index (χ0) is 74.2. The first-order chi connectivity index (χ1) is 52.9. The van der Waals surface area contributed by atoms with E-state index >= 15 is 0 Å². The molecule has 0 N–H and O–H groups in total. The van der Waals surface area contributed by atoms with Gasteiger partial charge in [-0.15, -0.1) is 0 Å². The second kappa shape index (κ2) is 25.0. The van der Waals surface area contributed by atoms with E-state index in [1.807, 2.05) is 0 Å². The third-order valence-corrected chi connectivity index (χ3v) is 27.7. The third-order valence-electron chi connectivity index (χ3n) is 27.7. The summed E-state index contributed by atoms with van der Waals surface area (Å²) >= 11 is 0. The molecule has 6 aliphatic carbocycles. The Labute approximate surface area is 644 Å². The largest absolute Gasteiger partial charge is 0.455 e. The van der Waals surface area contributed by atoms with Crippen molar-refractivity contribution in [2.24, 2.45) is 5.92 Å². The highest BCUT2D eigenvalue weighted by molar-refractivity contribution is 6.22. The van der Waals surface area contributed by atoms with Gasteiger partial charge in [0, 0.05) is 77.3 Å². The fraction of sp³-hybridized carbons (Fsp3) is 0.283. The summed E-state index contributed by atoms with van der Waals surface area (Å²) < 4.78 is 14.2. The minimum Gasteiger partial charge on any atom is -0.455 e. The van der Waals surface area contributed by atoms with E-state index < -0.39 is 0 Å². The van der Waals surface area contributed by atoms with Crippen molar-refractivity contribution in [3.05, 3.63) is 309 Å². The van der Waals surface area contributed by atoms with Crippen LogP contribution in [0.25, 0.3) is 116 Å². The number of hydrogen-bond acceptors (Lipinski definition) is 3. The molecule has 0 saturated heterocycles. The molecule has 3 heteroatoms. The van der Waals surface area contributed by atoms with E-state index in [-0.39, 0.29) is 27.1 Å². The molecule has 3 nitrogen and oxygen atoms in total. The fourth-order valence-electron chi connectivity index (χ4n) is 22.1. The Morgan fingerprint density at radius 2 is 0.890 bits per heavy atom. The van der Waals surface area contributed by atoms with Gasteiger partial charge in [-0.25, -0.2) is 0 Å². The molecular weight excluding hydrogens is 1320 g/mol. The minimum atomic E-state index is -0.370. The summed E-state index contributed by atoms with van der Waals surface area (Å²) in [5, 5.41) is 4.72. The van der Waals surface area contributed by atoms with E-state index in [1.54, 1.807) is 11.1 Å². The first-order valence-electron chi connectivity index (χ1n) is 41.1. The summed E-state index contributed by atoms with van der Waals surface area (Å²) in [6.07, 6.45) is 23.1. The van der Waals surface area contributed by atoms with E-state index in [0.717, 1.165) is 55.9 Å². The van der Waals surface area contributed by atoms with Crippen molar-refractivity contribution in [3.63, 3.8) is 0 Å². The maximum Gasteiger partial charge on any atom is 0.144 e. The Hall–Kier alpha value is -10.5. The van der Waals surface area contributed by atoms with Crippen molar-refractivity contribution in [3.8, 4) is 66.8 Å². The molecule has 0 amide bonds. The quantitative estimate of drug-likeness (QED) is 0.0802. The summed E-state index contributed by atoms with van der Waals surface area (Å²) in [6, 6.07) is 86.4. The lowest BCUT2D eigenvalue weighted by molar-refractivity contribution is 0.395. The van der Waals surface area contributed by atoms with E-state index in [4.69, 9.17) is 8.83 Å². The SMILES string of the molecule is CCCCCCCC1(CCCCCCC)c2ccccc2-c2ccc(-c3ccc4c(c3)C(C)(C)C3C=C(c5ccc(-c6cc7c(c8c6oc6ccccc68)-c6ccc(N(c8ccc9c(c8)C(C)(C)c8c%10c(c%11oc%12ccccc%12c%11c8-9)-c8ccccc8C%10(C)C)c8ccccc8C)cc6C7(C)C)cc5)C=CC43)cc21. The predicted octanol–water partition coefficient (Wildman–Crippen LogP) is 30.1. The van der Waals surface area contributed by atoms with Crippen LogP contribution in [0.15, 0.2) is 252 Å². The second-order valence-electron chi connectivity index (χ2n) is 35.3. The molecule has 0 saturated carbocycles. The molecule has 2 atom stereocenters. The molecular formula is C106H99NO2. The van der Waals surface area contributed by atoms with Crippen molar-refractivity contribution in [2.45, 2.75) is 186 Å². The summed E-state index contributed by atoms with van der Waals surface area (Å²) in [5.74, 6) is 0.642. The number of aryl methyl sites for hydroxylation is 1. The molecule has 2 heterocycles. The summed E-state index contributed by atoms with van der Waals surface area (Å²) in [7, 11) is 0. The zero-order valence-corrected chi connectivity index (χ0v) is 65.5. The van der Waals surface area contributed by atoms with E-state index in [1.165, 1.54) is 210 Å². The van der Waals surface area contributed by atoms with Gasteiger partial charge in [0.05, 0.1) is 0 Å². The first kappa shape index (κ1) is 67.8. The van der Waals surface area contributed by atoms with Gasteiger partial charge in [0.25, 0.3) is 0 Å². The number of benzene rings is 12. The zero-order valence-electron chi connectivity index (χ0n) is 65.5. The number of fused-ring (bicyclic) bond motifs is 25. The number of para-hydroxylation sites is 3. The van der Waals surface area contributed by atoms with Gasteiger partial charge in [0.1, 0.15) is 22.3 Å². The number of hydrogen-bond donors (Lipinski definition) is 0. The molecule has 6 aliphatic rings. The highest BCUT2D eigenvalue weighted by Gasteiger charge is 2.51. The molecule has 12 aromatic carbocycles. The van der Waals surface area contributed by atoms with Crippen LogP contribution in [0.2, 0.25) is 0 Å². The first-order valence-corrected chi connectivity index (χ1v) is 41.1. The van der Waals surface area contributed by atoms with Crippen LogP contribution in [0.1, 0.15) is 219 Å². The van der Waals surface area contributed by atoms with Crippen LogP contribution in [-0.4, -0.2) is 0 Å². The molecule has 0 spiro atoms. The van der Waals surface area contributed by atoms with Gasteiger partial charge in [-0.1, -0.05) is 322 Å². The lowest BCUT2D eigenvalue weighted by Gasteiger charge is -2.33. The number of rotatable bonds is 18. The van der Waals surface area contributed by atoms with Gasteiger partial charge < -0.3 is 13.7 Å². The molecule has 540 valence electrons. The lowest BCUT2D eigenvalue weighted by Crippen LogP contribution is -2.25. The van der Waals surface area contributed by atoms with E-state index in [9.17, 15) is 0 Å². The van der Waals surface area contributed by atoms with Crippen molar-refractivity contribution < 1.29 is 8.83 Å². The number of unbranched alkanes of at least 4 members (excludes halogenated alkanes) is 8. The van der Waals surface area contributed by atoms with Gasteiger partial charge in [0.15, 0.2) is 0 Å². The highest BCUT2D eigenvalue weighted by Crippen LogP contribution is 2.65. The van der Waals surface area contributed by atoms with Crippen molar-refractivity contribution in [2.75, 3.05) is 4.90 Å². The molecule has 0 fully saturated rings. The molecule has 2 aromatic heterocycles. The van der Waals surface area contributed by atoms with Gasteiger partial charge in [0.2, 0.25) is 0 Å². The van der Waals surface area contributed by atoms with Crippen LogP contribution in [0.5, 0.6) is 0 Å². The van der Waals surface area contributed by atoms with Crippen molar-refractivity contribution >= 4 is 66.5 Å². The van der Waals surface area contributed by atoms with Gasteiger partial charge in [-0.05, 0) is 214 Å². The molecule has 0 bridgehead atoms.